The largest absolute Gasteiger partial charge is 0.379 e. The maximum absolute atomic E-state index is 12.4. The number of hydrogen-bond acceptors (Lipinski definition) is 5. The van der Waals surface area contributed by atoms with Gasteiger partial charge >= 0.3 is 0 Å². The van der Waals surface area contributed by atoms with Crippen LogP contribution in [0.25, 0.3) is 0 Å². The molecule has 0 unspecified atom stereocenters. The lowest BCUT2D eigenvalue weighted by Gasteiger charge is -2.32. The lowest BCUT2D eigenvalue weighted by atomic mass is 10.1. The van der Waals surface area contributed by atoms with Gasteiger partial charge in [-0.1, -0.05) is 30.3 Å². The number of amides is 1. The quantitative estimate of drug-likeness (QED) is 0.860. The minimum absolute atomic E-state index is 0.0304. The number of ether oxygens (including phenoxy) is 2. The fraction of sp³-hybridized carbons (Fsp3) is 0.474. The zero-order valence-corrected chi connectivity index (χ0v) is 15.5. The van der Waals surface area contributed by atoms with E-state index in [9.17, 15) is 4.79 Å². The SMILES string of the molecule is Cc1nc(CC(=O)N[C@@H]2COCC[C@@H]2OCc2ccccc2)c(C)s1. The first-order chi connectivity index (χ1) is 12.1. The van der Waals surface area contributed by atoms with E-state index in [2.05, 4.69) is 10.3 Å². The van der Waals surface area contributed by atoms with Gasteiger partial charge in [-0.05, 0) is 25.8 Å². The molecule has 2 aromatic rings. The van der Waals surface area contributed by atoms with Gasteiger partial charge in [-0.2, -0.15) is 0 Å². The number of carbonyl (C=O) groups excluding carboxylic acids is 1. The average Bonchev–Trinajstić information content (AvgIpc) is 2.92. The Kier molecular flexibility index (Phi) is 6.18. The van der Waals surface area contributed by atoms with Crippen LogP contribution in [0.1, 0.15) is 27.6 Å². The molecule has 1 aromatic heterocycles. The fourth-order valence-electron chi connectivity index (χ4n) is 2.98. The van der Waals surface area contributed by atoms with Crippen LogP contribution in [0.4, 0.5) is 0 Å². The number of aromatic nitrogens is 1. The Bertz CT molecular complexity index is 702. The Labute approximate surface area is 152 Å². The fourth-order valence-corrected chi connectivity index (χ4v) is 3.81. The molecular formula is C19H24N2O3S. The van der Waals surface area contributed by atoms with E-state index < -0.39 is 0 Å². The lowest BCUT2D eigenvalue weighted by Crippen LogP contribution is -2.50. The van der Waals surface area contributed by atoms with E-state index in [-0.39, 0.29) is 18.1 Å². The first kappa shape index (κ1) is 18.0. The second-order valence-electron chi connectivity index (χ2n) is 6.29. The zero-order valence-electron chi connectivity index (χ0n) is 14.7. The predicted molar refractivity (Wildman–Crippen MR) is 97.7 cm³/mol. The lowest BCUT2D eigenvalue weighted by molar-refractivity contribution is -0.126. The summed E-state index contributed by atoms with van der Waals surface area (Å²) in [6.07, 6.45) is 1.06. The highest BCUT2D eigenvalue weighted by Gasteiger charge is 2.28. The van der Waals surface area contributed by atoms with Gasteiger partial charge in [0.15, 0.2) is 0 Å². The number of nitrogens with one attached hydrogen (secondary N) is 1. The summed E-state index contributed by atoms with van der Waals surface area (Å²) in [6, 6.07) is 9.95. The second kappa shape index (κ2) is 8.56. The van der Waals surface area contributed by atoms with E-state index in [0.717, 1.165) is 27.6 Å². The van der Waals surface area contributed by atoms with Crippen molar-refractivity contribution in [3.63, 3.8) is 0 Å². The van der Waals surface area contributed by atoms with Crippen LogP contribution in [0.5, 0.6) is 0 Å². The smallest absolute Gasteiger partial charge is 0.226 e. The van der Waals surface area contributed by atoms with Gasteiger partial charge in [0.2, 0.25) is 5.91 Å². The molecule has 134 valence electrons. The summed E-state index contributed by atoms with van der Waals surface area (Å²) in [5, 5.41) is 4.06. The molecule has 2 heterocycles. The second-order valence-corrected chi connectivity index (χ2v) is 7.69. The van der Waals surface area contributed by atoms with Gasteiger partial charge in [0, 0.05) is 11.5 Å². The maximum Gasteiger partial charge on any atom is 0.226 e. The Morgan fingerprint density at radius 2 is 2.16 bits per heavy atom. The average molecular weight is 360 g/mol. The van der Waals surface area contributed by atoms with E-state index in [4.69, 9.17) is 9.47 Å². The topological polar surface area (TPSA) is 60.5 Å². The van der Waals surface area contributed by atoms with E-state index in [1.165, 1.54) is 0 Å². The summed E-state index contributed by atoms with van der Waals surface area (Å²) in [5.41, 5.74) is 1.99. The molecule has 25 heavy (non-hydrogen) atoms. The zero-order chi connectivity index (χ0) is 17.6. The molecule has 1 fully saturated rings. The highest BCUT2D eigenvalue weighted by Crippen LogP contribution is 2.18. The third-order valence-corrected chi connectivity index (χ3v) is 5.20. The summed E-state index contributed by atoms with van der Waals surface area (Å²) >= 11 is 1.62. The molecule has 1 amide bonds. The van der Waals surface area contributed by atoms with Crippen molar-refractivity contribution >= 4 is 17.2 Å². The van der Waals surface area contributed by atoms with Crippen LogP contribution in [0.15, 0.2) is 30.3 Å². The third-order valence-electron chi connectivity index (χ3n) is 4.27. The van der Waals surface area contributed by atoms with E-state index >= 15 is 0 Å². The van der Waals surface area contributed by atoms with E-state index in [1.807, 2.05) is 44.2 Å². The first-order valence-electron chi connectivity index (χ1n) is 8.57. The molecule has 0 bridgehead atoms. The van der Waals surface area contributed by atoms with Crippen LogP contribution >= 0.6 is 11.3 Å². The van der Waals surface area contributed by atoms with E-state index in [1.54, 1.807) is 11.3 Å². The minimum Gasteiger partial charge on any atom is -0.379 e. The minimum atomic E-state index is -0.120. The number of hydrogen-bond donors (Lipinski definition) is 1. The third kappa shape index (κ3) is 5.11. The molecule has 0 radical (unpaired) electrons. The summed E-state index contributed by atoms with van der Waals surface area (Å²) < 4.78 is 11.6. The van der Waals surface area contributed by atoms with Crippen molar-refractivity contribution in [1.82, 2.24) is 10.3 Å². The summed E-state index contributed by atoms with van der Waals surface area (Å²) in [5.74, 6) is -0.0304. The van der Waals surface area contributed by atoms with Crippen LogP contribution in [-0.2, 0) is 27.3 Å². The van der Waals surface area contributed by atoms with Gasteiger partial charge in [-0.3, -0.25) is 4.79 Å². The van der Waals surface area contributed by atoms with Gasteiger partial charge in [0.25, 0.3) is 0 Å². The van der Waals surface area contributed by atoms with Crippen molar-refractivity contribution in [3.05, 3.63) is 51.5 Å². The maximum atomic E-state index is 12.4. The Morgan fingerprint density at radius 3 is 2.88 bits per heavy atom. The van der Waals surface area contributed by atoms with Crippen molar-refractivity contribution in [2.45, 2.75) is 45.4 Å². The summed E-state index contributed by atoms with van der Waals surface area (Å²) in [7, 11) is 0. The van der Waals surface area contributed by atoms with Crippen LogP contribution < -0.4 is 5.32 Å². The van der Waals surface area contributed by atoms with Crippen molar-refractivity contribution in [3.8, 4) is 0 Å². The highest BCUT2D eigenvalue weighted by atomic mass is 32.1. The van der Waals surface area contributed by atoms with Crippen molar-refractivity contribution < 1.29 is 14.3 Å². The molecule has 1 aliphatic heterocycles. The predicted octanol–water partition coefficient (Wildman–Crippen LogP) is 2.79. The van der Waals surface area contributed by atoms with Crippen molar-refractivity contribution in [1.29, 1.82) is 0 Å². The summed E-state index contributed by atoms with van der Waals surface area (Å²) in [6.45, 7) is 5.66. The molecule has 0 aliphatic carbocycles. The Balaban J connectivity index is 1.55. The molecule has 6 heteroatoms. The van der Waals surface area contributed by atoms with Crippen LogP contribution in [-0.4, -0.2) is 36.3 Å². The van der Waals surface area contributed by atoms with Gasteiger partial charge in [0.05, 0.1) is 42.5 Å². The Morgan fingerprint density at radius 1 is 1.36 bits per heavy atom. The van der Waals surface area contributed by atoms with Gasteiger partial charge in [-0.25, -0.2) is 4.98 Å². The van der Waals surface area contributed by atoms with Crippen LogP contribution in [0.2, 0.25) is 0 Å². The number of rotatable bonds is 6. The molecule has 5 nitrogen and oxygen atoms in total. The monoisotopic (exact) mass is 360 g/mol. The molecule has 1 aliphatic rings. The molecule has 1 N–H and O–H groups in total. The van der Waals surface area contributed by atoms with Gasteiger partial charge in [-0.15, -0.1) is 11.3 Å². The highest BCUT2D eigenvalue weighted by molar-refractivity contribution is 7.11. The number of aryl methyl sites for hydroxylation is 2. The number of benzene rings is 1. The summed E-state index contributed by atoms with van der Waals surface area (Å²) in [4.78, 5) is 17.9. The first-order valence-corrected chi connectivity index (χ1v) is 9.39. The molecule has 0 saturated carbocycles. The van der Waals surface area contributed by atoms with Gasteiger partial charge in [0.1, 0.15) is 0 Å². The van der Waals surface area contributed by atoms with Crippen LogP contribution in [0.3, 0.4) is 0 Å². The van der Waals surface area contributed by atoms with Crippen molar-refractivity contribution in [2.75, 3.05) is 13.2 Å². The number of nitrogens with zero attached hydrogens (tertiary/aromatic N) is 1. The van der Waals surface area contributed by atoms with Gasteiger partial charge < -0.3 is 14.8 Å². The molecular weight excluding hydrogens is 336 g/mol. The molecule has 3 rings (SSSR count). The normalized spacial score (nSPS) is 20.4. The molecule has 1 saturated heterocycles. The van der Waals surface area contributed by atoms with E-state index in [0.29, 0.717) is 26.2 Å². The number of carbonyl (C=O) groups is 1. The Hall–Kier alpha value is -1.76. The van der Waals surface area contributed by atoms with Crippen molar-refractivity contribution in [2.24, 2.45) is 0 Å². The standard InChI is InChI=1S/C19H24N2O3S/c1-13-16(20-14(2)25-13)10-19(22)21-17-12-23-9-8-18(17)24-11-15-6-4-3-5-7-15/h3-7,17-18H,8-12H2,1-2H3,(H,21,22)/t17-,18+/m1/s1. The van der Waals surface area contributed by atoms with Crippen LogP contribution in [0, 0.1) is 13.8 Å². The molecule has 1 aromatic carbocycles. The molecule has 0 spiro atoms. The molecule has 2 atom stereocenters. The number of thiazole rings is 1.